The molecule has 0 saturated carbocycles. The highest BCUT2D eigenvalue weighted by molar-refractivity contribution is 7.98. The lowest BCUT2D eigenvalue weighted by molar-refractivity contribution is -0.132. The fraction of sp³-hybridized carbons (Fsp3) is 0.0400. The van der Waals surface area contributed by atoms with Gasteiger partial charge in [0.2, 0.25) is 0 Å². The Morgan fingerprint density at radius 2 is 1.72 bits per heavy atom. The van der Waals surface area contributed by atoms with E-state index in [1.807, 2.05) is 54.8 Å². The first-order valence-electron chi connectivity index (χ1n) is 9.46. The first-order valence-corrected chi connectivity index (χ1v) is 11.4. The fourth-order valence-electron chi connectivity index (χ4n) is 3.08. The van der Waals surface area contributed by atoms with Gasteiger partial charge in [0.1, 0.15) is 22.7 Å². The number of thioether (sulfide) groups is 1. The van der Waals surface area contributed by atoms with Crippen LogP contribution in [0.5, 0.6) is 0 Å². The number of nitrogens with zero attached hydrogens (tertiary/aromatic N) is 3. The average molecular weight is 454 g/mol. The minimum Gasteiger partial charge on any atom is -0.477 e. The number of benzene rings is 3. The highest BCUT2D eigenvalue weighted by Gasteiger charge is 2.11. The summed E-state index contributed by atoms with van der Waals surface area (Å²) in [6, 6.07) is 21.0. The largest absolute Gasteiger partial charge is 0.477 e. The summed E-state index contributed by atoms with van der Waals surface area (Å²) in [6.07, 6.45) is 3.38. The molecule has 1 N–H and O–H groups in total. The van der Waals surface area contributed by atoms with E-state index in [1.165, 1.54) is 11.0 Å². The Balaban J connectivity index is 1.66. The van der Waals surface area contributed by atoms with Gasteiger partial charge >= 0.3 is 5.97 Å². The van der Waals surface area contributed by atoms with Crippen molar-refractivity contribution in [2.45, 2.75) is 4.90 Å². The minimum atomic E-state index is -1.25. The quantitative estimate of drug-likeness (QED) is 0.191. The Labute approximate surface area is 193 Å². The summed E-state index contributed by atoms with van der Waals surface area (Å²) in [7, 11) is 0. The number of carbonyl (C=O) groups is 1. The Morgan fingerprint density at radius 1 is 1.00 bits per heavy atom. The van der Waals surface area contributed by atoms with Gasteiger partial charge < -0.3 is 5.11 Å². The highest BCUT2D eigenvalue weighted by Crippen LogP contribution is 2.30. The van der Waals surface area contributed by atoms with Crippen molar-refractivity contribution in [3.05, 3.63) is 82.9 Å². The Kier molecular flexibility index (Phi) is 6.32. The molecule has 4 rings (SSSR count). The van der Waals surface area contributed by atoms with Crippen LogP contribution in [0.2, 0.25) is 0 Å². The lowest BCUT2D eigenvalue weighted by Gasteiger charge is -2.04. The molecule has 0 aliphatic heterocycles. The van der Waals surface area contributed by atoms with E-state index in [0.717, 1.165) is 45.0 Å². The van der Waals surface area contributed by atoms with E-state index in [0.29, 0.717) is 5.56 Å². The first-order chi connectivity index (χ1) is 15.6. The summed E-state index contributed by atoms with van der Waals surface area (Å²) in [4.78, 5) is 12.2. The van der Waals surface area contributed by atoms with Crippen molar-refractivity contribution >= 4 is 46.6 Å². The van der Waals surface area contributed by atoms with Gasteiger partial charge in [-0.05, 0) is 53.8 Å². The molecule has 5 nitrogen and oxygen atoms in total. The number of carboxylic acids is 1. The zero-order valence-corrected chi connectivity index (χ0v) is 18.5. The maximum absolute atomic E-state index is 11.0. The molecule has 1 aromatic heterocycles. The number of aliphatic carboxylic acids is 1. The van der Waals surface area contributed by atoms with Crippen molar-refractivity contribution in [2.75, 3.05) is 6.26 Å². The average Bonchev–Trinajstić information content (AvgIpc) is 3.32. The fourth-order valence-corrected chi connectivity index (χ4v) is 4.06. The molecule has 0 amide bonds. The molecule has 32 heavy (non-hydrogen) atoms. The van der Waals surface area contributed by atoms with Crippen LogP contribution in [0, 0.1) is 23.2 Å². The molecule has 0 aliphatic rings. The molecule has 0 fully saturated rings. The van der Waals surface area contributed by atoms with Crippen molar-refractivity contribution in [2.24, 2.45) is 0 Å². The van der Waals surface area contributed by atoms with Crippen LogP contribution < -0.4 is 0 Å². The normalized spacial score (nSPS) is 10.9. The smallest absolute Gasteiger partial charge is 0.346 e. The molecule has 7 heteroatoms. The molecule has 0 radical (unpaired) electrons. The zero-order chi connectivity index (χ0) is 22.5. The van der Waals surface area contributed by atoms with E-state index in [-0.39, 0.29) is 5.57 Å². The van der Waals surface area contributed by atoms with Gasteiger partial charge in [0.05, 0.1) is 17.3 Å². The molecule has 1 heterocycles. The summed E-state index contributed by atoms with van der Waals surface area (Å²) < 4.78 is 8.91. The molecule has 4 aromatic rings. The van der Waals surface area contributed by atoms with Crippen LogP contribution in [0.1, 0.15) is 16.7 Å². The molecule has 0 aliphatic carbocycles. The number of hydrogen-bond donors (Lipinski definition) is 1. The van der Waals surface area contributed by atoms with Gasteiger partial charge in [-0.25, -0.2) is 4.79 Å². The van der Waals surface area contributed by atoms with Crippen LogP contribution in [0.15, 0.2) is 71.1 Å². The topological polar surface area (TPSA) is 86.9 Å². The second-order valence-corrected chi connectivity index (χ2v) is 8.11. The lowest BCUT2D eigenvalue weighted by Crippen LogP contribution is -1.97. The van der Waals surface area contributed by atoms with Crippen molar-refractivity contribution in [1.29, 1.82) is 5.26 Å². The number of nitriles is 1. The monoisotopic (exact) mass is 453 g/mol. The van der Waals surface area contributed by atoms with E-state index < -0.39 is 5.97 Å². The van der Waals surface area contributed by atoms with Gasteiger partial charge in [0.25, 0.3) is 0 Å². The predicted molar refractivity (Wildman–Crippen MR) is 128 cm³/mol. The van der Waals surface area contributed by atoms with E-state index in [1.54, 1.807) is 30.0 Å². The number of carboxylic acid groups (broad SMARTS) is 1. The molecule has 154 valence electrons. The van der Waals surface area contributed by atoms with Crippen molar-refractivity contribution in [3.8, 4) is 29.0 Å². The van der Waals surface area contributed by atoms with Crippen LogP contribution in [0.3, 0.4) is 0 Å². The summed E-state index contributed by atoms with van der Waals surface area (Å²) in [5, 5.41) is 17.9. The maximum atomic E-state index is 11.0. The third kappa shape index (κ3) is 4.55. The Morgan fingerprint density at radius 3 is 2.38 bits per heavy atom. The van der Waals surface area contributed by atoms with Gasteiger partial charge in [-0.3, -0.25) is 0 Å². The minimum absolute atomic E-state index is 0.310. The predicted octanol–water partition coefficient (Wildman–Crippen LogP) is 5.47. The zero-order valence-electron chi connectivity index (χ0n) is 16.9. The number of hydrogen-bond acceptors (Lipinski definition) is 6. The van der Waals surface area contributed by atoms with Crippen LogP contribution in [0.4, 0.5) is 0 Å². The molecule has 0 unspecified atom stereocenters. The summed E-state index contributed by atoms with van der Waals surface area (Å²) in [6.45, 7) is 0. The summed E-state index contributed by atoms with van der Waals surface area (Å²) >= 11 is 2.83. The van der Waals surface area contributed by atoms with Gasteiger partial charge in [-0.15, -0.1) is 11.8 Å². The van der Waals surface area contributed by atoms with Crippen LogP contribution in [-0.2, 0) is 4.79 Å². The SMILES string of the molecule is CSc1ccc(C#Cc2ccc(-c3ccc(/C=C(/C#N)C(=O)O)cc3)c3nsnc23)cc1. The highest BCUT2D eigenvalue weighted by atomic mass is 32.2. The van der Waals surface area contributed by atoms with Gasteiger partial charge in [-0.2, -0.15) is 14.0 Å². The molecular formula is C25H15N3O2S2. The molecular weight excluding hydrogens is 438 g/mol. The summed E-state index contributed by atoms with van der Waals surface area (Å²) in [5.74, 6) is 5.15. The van der Waals surface area contributed by atoms with E-state index >= 15 is 0 Å². The molecule has 0 spiro atoms. The van der Waals surface area contributed by atoms with Crippen LogP contribution in [0.25, 0.3) is 28.2 Å². The third-order valence-electron chi connectivity index (χ3n) is 4.73. The van der Waals surface area contributed by atoms with E-state index in [2.05, 4.69) is 20.6 Å². The van der Waals surface area contributed by atoms with Crippen molar-refractivity contribution in [3.63, 3.8) is 0 Å². The van der Waals surface area contributed by atoms with Gasteiger partial charge in [0.15, 0.2) is 0 Å². The maximum Gasteiger partial charge on any atom is 0.346 e. The molecule has 0 atom stereocenters. The first kappa shape index (κ1) is 21.3. The molecule has 3 aromatic carbocycles. The summed E-state index contributed by atoms with van der Waals surface area (Å²) in [5.41, 5.74) is 5.42. The van der Waals surface area contributed by atoms with Crippen LogP contribution >= 0.6 is 23.5 Å². The Hall–Kier alpha value is -3.91. The number of fused-ring (bicyclic) bond motifs is 1. The van der Waals surface area contributed by atoms with Gasteiger partial charge in [-0.1, -0.05) is 42.2 Å². The number of aromatic nitrogens is 2. The van der Waals surface area contributed by atoms with E-state index in [4.69, 9.17) is 10.4 Å². The standard InChI is InChI=1S/C25H15N3O2S2/c1-31-21-11-5-16(6-12-21)2-9-19-10-13-22(24-23(19)27-32-28-24)18-7-3-17(4-8-18)14-20(15-26)25(29)30/h3-8,10-14H,1H3,(H,29,30)/b20-14-. The van der Waals surface area contributed by atoms with Gasteiger partial charge in [0, 0.05) is 16.0 Å². The molecule has 0 saturated heterocycles. The lowest BCUT2D eigenvalue weighted by atomic mass is 10.00. The Bertz CT molecular complexity index is 1440. The molecule has 0 bridgehead atoms. The van der Waals surface area contributed by atoms with Crippen LogP contribution in [-0.4, -0.2) is 26.1 Å². The third-order valence-corrected chi connectivity index (χ3v) is 6.00. The van der Waals surface area contributed by atoms with E-state index in [9.17, 15) is 4.79 Å². The number of rotatable bonds is 4. The van der Waals surface area contributed by atoms with Crippen molar-refractivity contribution in [1.82, 2.24) is 8.75 Å². The second kappa shape index (κ2) is 9.49. The second-order valence-electron chi connectivity index (χ2n) is 6.70. The van der Waals surface area contributed by atoms with Crippen molar-refractivity contribution < 1.29 is 9.90 Å².